The van der Waals surface area contributed by atoms with Gasteiger partial charge in [-0.05, 0) is 42.5 Å². The summed E-state index contributed by atoms with van der Waals surface area (Å²) in [5.41, 5.74) is 0. The standard InChI is InChI=1S/C16H30O3S2Si/c1-13(17)19-14(15-20-11-8-12-21-15)9-7-10-18-22(5,6)16(2,3)4/h7-12H2,1-6H3. The molecule has 1 aliphatic rings. The van der Waals surface area contributed by atoms with Crippen LogP contribution < -0.4 is 0 Å². The number of hydrogen-bond donors (Lipinski definition) is 0. The Balaban J connectivity index is 2.53. The third-order valence-electron chi connectivity index (χ3n) is 4.07. The first-order chi connectivity index (χ1) is 10.1. The number of esters is 1. The maximum absolute atomic E-state index is 11.3. The minimum atomic E-state index is -1.68. The van der Waals surface area contributed by atoms with Crippen molar-refractivity contribution in [1.29, 1.82) is 0 Å². The van der Waals surface area contributed by atoms with E-state index in [0.717, 1.165) is 36.7 Å². The average molecular weight is 363 g/mol. The molecule has 1 heterocycles. The van der Waals surface area contributed by atoms with Gasteiger partial charge in [-0.2, -0.15) is 0 Å². The largest absolute Gasteiger partial charge is 0.430 e. The van der Waals surface area contributed by atoms with Gasteiger partial charge in [0.15, 0.2) is 8.32 Å². The van der Waals surface area contributed by atoms with E-state index in [2.05, 4.69) is 33.9 Å². The smallest absolute Gasteiger partial charge is 0.307 e. The molecule has 0 spiro atoms. The van der Waals surface area contributed by atoms with Crippen molar-refractivity contribution in [2.45, 2.75) is 65.1 Å². The van der Waals surface area contributed by atoms with Gasteiger partial charge in [-0.3, -0.25) is 4.79 Å². The normalized spacial score (nSPS) is 16.5. The SMILES string of the molecule is CC(=O)OC(CCCO[Si](C)(C)C(C)(C)C)=C1SCCCS1. The zero-order chi connectivity index (χ0) is 16.8. The summed E-state index contributed by atoms with van der Waals surface area (Å²) in [6.07, 6.45) is 2.91. The molecule has 0 atom stereocenters. The zero-order valence-electron chi connectivity index (χ0n) is 14.8. The van der Waals surface area contributed by atoms with Crippen LogP contribution in [0.1, 0.15) is 47.0 Å². The van der Waals surface area contributed by atoms with Crippen molar-refractivity contribution in [2.24, 2.45) is 0 Å². The molecule has 0 unspecified atom stereocenters. The minimum Gasteiger partial charge on any atom is -0.430 e. The van der Waals surface area contributed by atoms with E-state index < -0.39 is 8.32 Å². The molecule has 1 aliphatic heterocycles. The van der Waals surface area contributed by atoms with Gasteiger partial charge >= 0.3 is 5.97 Å². The fraction of sp³-hybridized carbons (Fsp3) is 0.812. The van der Waals surface area contributed by atoms with Crippen molar-refractivity contribution in [3.05, 3.63) is 10.00 Å². The van der Waals surface area contributed by atoms with Crippen molar-refractivity contribution in [1.82, 2.24) is 0 Å². The van der Waals surface area contributed by atoms with Gasteiger partial charge < -0.3 is 9.16 Å². The van der Waals surface area contributed by atoms with Crippen molar-refractivity contribution in [3.8, 4) is 0 Å². The molecule has 22 heavy (non-hydrogen) atoms. The summed E-state index contributed by atoms with van der Waals surface area (Å²) in [5, 5.41) is 0.235. The summed E-state index contributed by atoms with van der Waals surface area (Å²) < 4.78 is 12.8. The van der Waals surface area contributed by atoms with Crippen LogP contribution in [0.3, 0.4) is 0 Å². The summed E-state index contributed by atoms with van der Waals surface area (Å²) in [4.78, 5) is 11.3. The van der Waals surface area contributed by atoms with Crippen LogP contribution in [0.5, 0.6) is 0 Å². The Morgan fingerprint density at radius 1 is 1.23 bits per heavy atom. The lowest BCUT2D eigenvalue weighted by Crippen LogP contribution is -2.40. The second kappa shape index (κ2) is 8.80. The van der Waals surface area contributed by atoms with Gasteiger partial charge in [0, 0.05) is 20.0 Å². The topological polar surface area (TPSA) is 35.5 Å². The summed E-state index contributed by atoms with van der Waals surface area (Å²) in [6, 6.07) is 0. The van der Waals surface area contributed by atoms with Crippen molar-refractivity contribution >= 4 is 37.8 Å². The summed E-state index contributed by atoms with van der Waals surface area (Å²) in [6.45, 7) is 13.5. The van der Waals surface area contributed by atoms with E-state index >= 15 is 0 Å². The third kappa shape index (κ3) is 6.68. The fourth-order valence-electron chi connectivity index (χ4n) is 1.74. The third-order valence-corrected chi connectivity index (χ3v) is 11.3. The minimum absolute atomic E-state index is 0.223. The highest BCUT2D eigenvalue weighted by atomic mass is 32.2. The molecule has 6 heteroatoms. The van der Waals surface area contributed by atoms with Crippen LogP contribution in [0.25, 0.3) is 0 Å². The van der Waals surface area contributed by atoms with Crippen LogP contribution in [0, 0.1) is 0 Å². The predicted molar refractivity (Wildman–Crippen MR) is 101 cm³/mol. The van der Waals surface area contributed by atoms with E-state index in [4.69, 9.17) is 9.16 Å². The Morgan fingerprint density at radius 3 is 2.32 bits per heavy atom. The lowest BCUT2D eigenvalue weighted by Gasteiger charge is -2.36. The highest BCUT2D eigenvalue weighted by Gasteiger charge is 2.36. The molecule has 1 rings (SSSR count). The Bertz CT molecular complexity index is 406. The lowest BCUT2D eigenvalue weighted by molar-refractivity contribution is -0.137. The first-order valence-corrected chi connectivity index (χ1v) is 12.8. The number of ether oxygens (including phenoxy) is 1. The van der Waals surface area contributed by atoms with Gasteiger partial charge in [0.1, 0.15) is 5.76 Å². The number of allylic oxidation sites excluding steroid dienone is 1. The number of thioether (sulfide) groups is 2. The Kier molecular flexibility index (Phi) is 8.06. The maximum atomic E-state index is 11.3. The summed E-state index contributed by atoms with van der Waals surface area (Å²) >= 11 is 3.63. The van der Waals surface area contributed by atoms with Gasteiger partial charge in [0.05, 0.1) is 4.24 Å². The highest BCUT2D eigenvalue weighted by molar-refractivity contribution is 8.22. The molecule has 3 nitrogen and oxygen atoms in total. The van der Waals surface area contributed by atoms with Gasteiger partial charge in [0.25, 0.3) is 0 Å². The molecule has 0 aromatic carbocycles. The predicted octanol–water partition coefficient (Wildman–Crippen LogP) is 5.39. The zero-order valence-corrected chi connectivity index (χ0v) is 17.4. The van der Waals surface area contributed by atoms with E-state index in [-0.39, 0.29) is 11.0 Å². The molecule has 128 valence electrons. The number of carbonyl (C=O) groups excluding carboxylic acids is 1. The Morgan fingerprint density at radius 2 is 1.82 bits per heavy atom. The monoisotopic (exact) mass is 362 g/mol. The molecule has 0 saturated carbocycles. The molecule has 0 bridgehead atoms. The van der Waals surface area contributed by atoms with Crippen LogP contribution in [0.15, 0.2) is 10.00 Å². The lowest BCUT2D eigenvalue weighted by atomic mass is 10.2. The molecule has 1 fully saturated rings. The van der Waals surface area contributed by atoms with E-state index in [0.29, 0.717) is 0 Å². The molecule has 0 aromatic heterocycles. The first-order valence-electron chi connectivity index (χ1n) is 7.94. The van der Waals surface area contributed by atoms with E-state index in [1.807, 2.05) is 23.5 Å². The van der Waals surface area contributed by atoms with E-state index in [1.165, 1.54) is 17.6 Å². The van der Waals surface area contributed by atoms with E-state index in [1.54, 1.807) is 0 Å². The van der Waals surface area contributed by atoms with Crippen LogP contribution in [-0.2, 0) is 14.0 Å². The van der Waals surface area contributed by atoms with Gasteiger partial charge in [-0.15, -0.1) is 23.5 Å². The van der Waals surface area contributed by atoms with Gasteiger partial charge in [-0.1, -0.05) is 20.8 Å². The summed E-state index contributed by atoms with van der Waals surface area (Å²) in [7, 11) is -1.68. The van der Waals surface area contributed by atoms with Crippen LogP contribution in [0.2, 0.25) is 18.1 Å². The Labute approximate surface area is 145 Å². The number of rotatable bonds is 6. The van der Waals surface area contributed by atoms with Crippen LogP contribution in [-0.4, -0.2) is 32.4 Å². The molecular weight excluding hydrogens is 332 g/mol. The number of carbonyl (C=O) groups is 1. The maximum Gasteiger partial charge on any atom is 0.307 e. The quantitative estimate of drug-likeness (QED) is 0.274. The van der Waals surface area contributed by atoms with Crippen molar-refractivity contribution < 1.29 is 14.0 Å². The molecule has 1 saturated heterocycles. The molecule has 0 radical (unpaired) electrons. The van der Waals surface area contributed by atoms with Gasteiger partial charge in [0.2, 0.25) is 0 Å². The molecule has 0 N–H and O–H groups in total. The highest BCUT2D eigenvalue weighted by Crippen LogP contribution is 2.39. The van der Waals surface area contributed by atoms with Crippen LogP contribution in [0.4, 0.5) is 0 Å². The molecule has 0 aliphatic carbocycles. The average Bonchev–Trinajstić information content (AvgIpc) is 2.41. The second-order valence-electron chi connectivity index (χ2n) is 7.07. The fourth-order valence-corrected chi connectivity index (χ4v) is 5.40. The molecular formula is C16H30O3S2Si. The van der Waals surface area contributed by atoms with E-state index in [9.17, 15) is 4.79 Å². The Hall–Kier alpha value is 0.0869. The molecule has 0 aromatic rings. The van der Waals surface area contributed by atoms with Gasteiger partial charge in [-0.25, -0.2) is 0 Å². The second-order valence-corrected chi connectivity index (χ2v) is 14.3. The van der Waals surface area contributed by atoms with Crippen LogP contribution >= 0.6 is 23.5 Å². The first kappa shape index (κ1) is 20.1. The molecule has 0 amide bonds. The van der Waals surface area contributed by atoms with Crippen molar-refractivity contribution in [2.75, 3.05) is 18.1 Å². The summed E-state index contributed by atoms with van der Waals surface area (Å²) in [5.74, 6) is 2.86. The van der Waals surface area contributed by atoms with Crippen molar-refractivity contribution in [3.63, 3.8) is 0 Å². The number of hydrogen-bond acceptors (Lipinski definition) is 5.